The minimum atomic E-state index is -0.935. The predicted octanol–water partition coefficient (Wildman–Crippen LogP) is 2.38. The van der Waals surface area contributed by atoms with E-state index in [1.807, 2.05) is 0 Å². The molecule has 0 spiro atoms. The maximum atomic E-state index is 13.9. The van der Waals surface area contributed by atoms with E-state index in [9.17, 15) is 18.9 Å². The molecule has 1 aromatic rings. The number of fused-ring (bicyclic) bond motifs is 2. The molecule has 0 aromatic heterocycles. The number of nitrogens with one attached hydrogen (secondary N) is 1. The van der Waals surface area contributed by atoms with Gasteiger partial charge in [-0.15, -0.1) is 0 Å². The lowest BCUT2D eigenvalue weighted by molar-refractivity contribution is -0.384. The smallest absolute Gasteiger partial charge is 0.298 e. The van der Waals surface area contributed by atoms with Crippen molar-refractivity contribution in [3.8, 4) is 0 Å². The molecule has 2 saturated heterocycles. The van der Waals surface area contributed by atoms with Crippen LogP contribution in [0.2, 0.25) is 0 Å². The summed E-state index contributed by atoms with van der Waals surface area (Å²) in [5.74, 6) is -1.47. The Bertz CT molecular complexity index is 553. The van der Waals surface area contributed by atoms with Gasteiger partial charge in [-0.25, -0.2) is 8.78 Å². The van der Waals surface area contributed by atoms with E-state index in [0.29, 0.717) is 12.0 Å². The van der Waals surface area contributed by atoms with Gasteiger partial charge in [0.05, 0.1) is 11.0 Å². The fraction of sp³-hybridized carbons (Fsp3) is 0.538. The van der Waals surface area contributed by atoms with E-state index in [1.54, 1.807) is 0 Å². The third kappa shape index (κ3) is 2.33. The summed E-state index contributed by atoms with van der Waals surface area (Å²) in [5.41, 5.74) is -0.732. The highest BCUT2D eigenvalue weighted by Gasteiger charge is 2.35. The molecule has 5 nitrogen and oxygen atoms in total. The zero-order valence-corrected chi connectivity index (χ0v) is 10.8. The lowest BCUT2D eigenvalue weighted by Crippen LogP contribution is -2.39. The third-order valence-corrected chi connectivity index (χ3v) is 4.19. The Hall–Kier alpha value is -1.76. The zero-order chi connectivity index (χ0) is 14.3. The SMILES string of the molecule is O=[N+]([O-])c1cc(F)cc(F)c1NC1CCN2CCC1C2. The van der Waals surface area contributed by atoms with Crippen LogP contribution in [-0.2, 0) is 0 Å². The van der Waals surface area contributed by atoms with Crippen molar-refractivity contribution >= 4 is 11.4 Å². The Balaban J connectivity index is 1.88. The van der Waals surface area contributed by atoms with Crippen LogP contribution in [0.3, 0.4) is 0 Å². The fourth-order valence-electron chi connectivity index (χ4n) is 3.17. The van der Waals surface area contributed by atoms with Crippen LogP contribution in [0.5, 0.6) is 0 Å². The first-order valence-electron chi connectivity index (χ1n) is 6.67. The van der Waals surface area contributed by atoms with Crippen LogP contribution in [0.1, 0.15) is 12.8 Å². The van der Waals surface area contributed by atoms with Gasteiger partial charge in [-0.05, 0) is 25.3 Å². The van der Waals surface area contributed by atoms with Crippen LogP contribution in [0, 0.1) is 27.7 Å². The largest absolute Gasteiger partial charge is 0.374 e. The van der Waals surface area contributed by atoms with Gasteiger partial charge in [0, 0.05) is 25.2 Å². The van der Waals surface area contributed by atoms with E-state index in [-0.39, 0.29) is 11.7 Å². The summed E-state index contributed by atoms with van der Waals surface area (Å²) in [7, 11) is 0. The van der Waals surface area contributed by atoms with Crippen LogP contribution in [-0.4, -0.2) is 35.5 Å². The Labute approximate surface area is 114 Å². The van der Waals surface area contributed by atoms with Gasteiger partial charge < -0.3 is 10.2 Å². The zero-order valence-electron chi connectivity index (χ0n) is 10.8. The van der Waals surface area contributed by atoms with Gasteiger partial charge in [0.15, 0.2) is 5.82 Å². The van der Waals surface area contributed by atoms with Crippen molar-refractivity contribution in [2.24, 2.45) is 5.92 Å². The van der Waals surface area contributed by atoms with Crippen LogP contribution in [0.15, 0.2) is 12.1 Å². The van der Waals surface area contributed by atoms with Crippen molar-refractivity contribution in [3.05, 3.63) is 33.9 Å². The van der Waals surface area contributed by atoms with Gasteiger partial charge in [0.25, 0.3) is 5.69 Å². The van der Waals surface area contributed by atoms with Crippen LogP contribution in [0.25, 0.3) is 0 Å². The van der Waals surface area contributed by atoms with E-state index in [2.05, 4.69) is 10.2 Å². The molecule has 7 heteroatoms. The summed E-state index contributed by atoms with van der Waals surface area (Å²) in [6.45, 7) is 2.87. The minimum Gasteiger partial charge on any atom is -0.374 e. The molecule has 3 unspecified atom stereocenters. The van der Waals surface area contributed by atoms with Crippen molar-refractivity contribution in [1.82, 2.24) is 4.90 Å². The monoisotopic (exact) mass is 283 g/mol. The summed E-state index contributed by atoms with van der Waals surface area (Å²) in [4.78, 5) is 12.5. The maximum absolute atomic E-state index is 13.9. The van der Waals surface area contributed by atoms with Crippen molar-refractivity contribution < 1.29 is 13.7 Å². The number of anilines is 1. The molecule has 2 bridgehead atoms. The first-order valence-corrected chi connectivity index (χ1v) is 6.67. The number of benzene rings is 1. The molecule has 1 N–H and O–H groups in total. The maximum Gasteiger partial charge on any atom is 0.298 e. The van der Waals surface area contributed by atoms with Crippen LogP contribution < -0.4 is 5.32 Å². The summed E-state index contributed by atoms with van der Waals surface area (Å²) in [5, 5.41) is 13.9. The average Bonchev–Trinajstić information content (AvgIpc) is 2.77. The molecular weight excluding hydrogens is 268 g/mol. The van der Waals surface area contributed by atoms with Crippen molar-refractivity contribution in [2.45, 2.75) is 18.9 Å². The highest BCUT2D eigenvalue weighted by molar-refractivity contribution is 5.63. The molecule has 1 aromatic carbocycles. The molecule has 0 radical (unpaired) electrons. The quantitative estimate of drug-likeness (QED) is 0.683. The molecule has 20 heavy (non-hydrogen) atoms. The van der Waals surface area contributed by atoms with Gasteiger partial charge in [0.2, 0.25) is 0 Å². The highest BCUT2D eigenvalue weighted by atomic mass is 19.1. The van der Waals surface area contributed by atoms with Gasteiger partial charge in [0.1, 0.15) is 11.5 Å². The molecule has 2 fully saturated rings. The molecule has 3 atom stereocenters. The predicted molar refractivity (Wildman–Crippen MR) is 69.6 cm³/mol. The average molecular weight is 283 g/mol. The van der Waals surface area contributed by atoms with Gasteiger partial charge in [-0.3, -0.25) is 10.1 Å². The number of hydrogen-bond donors (Lipinski definition) is 1. The highest BCUT2D eigenvalue weighted by Crippen LogP contribution is 2.34. The molecule has 2 aliphatic rings. The number of nitro groups is 1. The molecular formula is C13H15F2N3O2. The lowest BCUT2D eigenvalue weighted by Gasteiger charge is -2.31. The normalized spacial score (nSPS) is 28.4. The molecule has 2 heterocycles. The van der Waals surface area contributed by atoms with Gasteiger partial charge in [-0.2, -0.15) is 0 Å². The first-order chi connectivity index (χ1) is 9.54. The topological polar surface area (TPSA) is 58.4 Å². The minimum absolute atomic E-state index is 0.00686. The second-order valence-corrected chi connectivity index (χ2v) is 5.43. The number of nitrogens with zero attached hydrogens (tertiary/aromatic N) is 2. The van der Waals surface area contributed by atoms with E-state index in [1.165, 1.54) is 0 Å². The Morgan fingerprint density at radius 2 is 2.05 bits per heavy atom. The standard InChI is InChI=1S/C13H15F2N3O2/c14-9-5-10(15)13(12(6-9)18(19)20)16-11-2-4-17-3-1-8(11)7-17/h5-6,8,11,16H,1-4,7H2. The Morgan fingerprint density at radius 3 is 2.80 bits per heavy atom. The summed E-state index contributed by atoms with van der Waals surface area (Å²) < 4.78 is 27.0. The second-order valence-electron chi connectivity index (χ2n) is 5.43. The molecule has 0 aliphatic carbocycles. The fourth-order valence-corrected chi connectivity index (χ4v) is 3.17. The molecule has 3 rings (SSSR count). The van der Waals surface area contributed by atoms with Crippen LogP contribution in [0.4, 0.5) is 20.2 Å². The van der Waals surface area contributed by atoms with Crippen molar-refractivity contribution in [1.29, 1.82) is 0 Å². The molecule has 0 saturated carbocycles. The third-order valence-electron chi connectivity index (χ3n) is 4.19. The Morgan fingerprint density at radius 1 is 1.30 bits per heavy atom. The van der Waals surface area contributed by atoms with E-state index < -0.39 is 22.2 Å². The van der Waals surface area contributed by atoms with E-state index >= 15 is 0 Å². The summed E-state index contributed by atoms with van der Waals surface area (Å²) >= 11 is 0. The number of piperidine rings is 1. The summed E-state index contributed by atoms with van der Waals surface area (Å²) in [6, 6.07) is 1.45. The molecule has 0 amide bonds. The second kappa shape index (κ2) is 4.97. The number of nitro benzene ring substituents is 1. The van der Waals surface area contributed by atoms with Crippen molar-refractivity contribution in [3.63, 3.8) is 0 Å². The number of rotatable bonds is 3. The van der Waals surface area contributed by atoms with E-state index in [0.717, 1.165) is 38.5 Å². The lowest BCUT2D eigenvalue weighted by atomic mass is 9.94. The first kappa shape index (κ1) is 13.2. The van der Waals surface area contributed by atoms with Gasteiger partial charge in [-0.1, -0.05) is 0 Å². The molecule has 108 valence electrons. The Kier molecular flexibility index (Phi) is 3.29. The van der Waals surface area contributed by atoms with E-state index in [4.69, 9.17) is 0 Å². The summed E-state index contributed by atoms with van der Waals surface area (Å²) in [6.07, 6.45) is 1.83. The number of hydrogen-bond acceptors (Lipinski definition) is 4. The van der Waals surface area contributed by atoms with Crippen LogP contribution >= 0.6 is 0 Å². The van der Waals surface area contributed by atoms with Crippen molar-refractivity contribution in [2.75, 3.05) is 25.0 Å². The molecule has 2 aliphatic heterocycles. The van der Waals surface area contributed by atoms with Gasteiger partial charge >= 0.3 is 0 Å². The number of halogens is 2.